The molecule has 0 unspecified atom stereocenters. The summed E-state index contributed by atoms with van der Waals surface area (Å²) >= 11 is 0. The summed E-state index contributed by atoms with van der Waals surface area (Å²) in [5.74, 6) is 1.26. The Hall–Kier alpha value is -3.28. The number of imide groups is 1. The van der Waals surface area contributed by atoms with Gasteiger partial charge in [0.05, 0.1) is 20.3 Å². The molecule has 0 aliphatic carbocycles. The molecule has 6 heteroatoms. The fraction of sp³-hybridized carbons (Fsp3) is 0.273. The third kappa shape index (κ3) is 4.52. The fourth-order valence-electron chi connectivity index (χ4n) is 2.80. The lowest BCUT2D eigenvalue weighted by Gasteiger charge is -2.13. The zero-order valence-corrected chi connectivity index (χ0v) is 16.3. The summed E-state index contributed by atoms with van der Waals surface area (Å²) in [5, 5.41) is 2.64. The zero-order valence-electron chi connectivity index (χ0n) is 16.3. The SMILES string of the molecule is COc1cc(/C=C2\NC(=O)N(Cc3ccccc3)C2=O)ccc1OCC(C)C. The molecule has 0 radical (unpaired) electrons. The van der Waals surface area contributed by atoms with Gasteiger partial charge >= 0.3 is 6.03 Å². The van der Waals surface area contributed by atoms with Crippen molar-refractivity contribution in [1.82, 2.24) is 10.2 Å². The molecule has 3 rings (SSSR count). The number of rotatable bonds is 7. The van der Waals surface area contributed by atoms with Crippen LogP contribution in [0.3, 0.4) is 0 Å². The molecule has 2 aromatic rings. The first-order valence-electron chi connectivity index (χ1n) is 9.17. The van der Waals surface area contributed by atoms with E-state index in [2.05, 4.69) is 19.2 Å². The summed E-state index contributed by atoms with van der Waals surface area (Å²) in [6.07, 6.45) is 1.64. The van der Waals surface area contributed by atoms with Crippen molar-refractivity contribution >= 4 is 18.0 Å². The highest BCUT2D eigenvalue weighted by atomic mass is 16.5. The normalized spacial score (nSPS) is 15.3. The molecular formula is C22H24N2O4. The molecule has 1 aliphatic rings. The van der Waals surface area contributed by atoms with Crippen molar-refractivity contribution in [1.29, 1.82) is 0 Å². The Bertz CT molecular complexity index is 891. The highest BCUT2D eigenvalue weighted by molar-refractivity contribution is 6.13. The molecule has 146 valence electrons. The van der Waals surface area contributed by atoms with Gasteiger partial charge in [0, 0.05) is 0 Å². The Morgan fingerprint density at radius 3 is 2.50 bits per heavy atom. The van der Waals surface area contributed by atoms with Crippen LogP contribution in [0, 0.1) is 5.92 Å². The molecular weight excluding hydrogens is 356 g/mol. The quantitative estimate of drug-likeness (QED) is 0.586. The van der Waals surface area contributed by atoms with Gasteiger partial charge in [0.25, 0.3) is 5.91 Å². The lowest BCUT2D eigenvalue weighted by Crippen LogP contribution is -2.30. The van der Waals surface area contributed by atoms with Crippen LogP contribution >= 0.6 is 0 Å². The van der Waals surface area contributed by atoms with Gasteiger partial charge in [-0.1, -0.05) is 50.2 Å². The van der Waals surface area contributed by atoms with Crippen molar-refractivity contribution in [2.24, 2.45) is 5.92 Å². The fourth-order valence-corrected chi connectivity index (χ4v) is 2.80. The summed E-state index contributed by atoms with van der Waals surface area (Å²) in [6.45, 7) is 4.95. The molecule has 0 bridgehead atoms. The van der Waals surface area contributed by atoms with E-state index in [-0.39, 0.29) is 18.1 Å². The van der Waals surface area contributed by atoms with Crippen LogP contribution in [0.5, 0.6) is 11.5 Å². The van der Waals surface area contributed by atoms with Crippen molar-refractivity contribution in [2.45, 2.75) is 20.4 Å². The number of carbonyl (C=O) groups is 2. The van der Waals surface area contributed by atoms with E-state index >= 15 is 0 Å². The van der Waals surface area contributed by atoms with Crippen molar-refractivity contribution < 1.29 is 19.1 Å². The van der Waals surface area contributed by atoms with Crippen LogP contribution in [0.1, 0.15) is 25.0 Å². The van der Waals surface area contributed by atoms with E-state index in [1.807, 2.05) is 36.4 Å². The summed E-state index contributed by atoms with van der Waals surface area (Å²) in [5.41, 5.74) is 1.86. The van der Waals surface area contributed by atoms with Crippen LogP contribution in [0.25, 0.3) is 6.08 Å². The minimum Gasteiger partial charge on any atom is -0.493 e. The van der Waals surface area contributed by atoms with E-state index in [4.69, 9.17) is 9.47 Å². The zero-order chi connectivity index (χ0) is 20.1. The number of ether oxygens (including phenoxy) is 2. The van der Waals surface area contributed by atoms with Gasteiger partial charge in [-0.05, 0) is 35.3 Å². The smallest absolute Gasteiger partial charge is 0.329 e. The van der Waals surface area contributed by atoms with Gasteiger partial charge in [-0.15, -0.1) is 0 Å². The molecule has 6 nitrogen and oxygen atoms in total. The van der Waals surface area contributed by atoms with Gasteiger partial charge in [-0.2, -0.15) is 0 Å². The predicted molar refractivity (Wildman–Crippen MR) is 107 cm³/mol. The number of nitrogens with zero attached hydrogens (tertiary/aromatic N) is 1. The second-order valence-electron chi connectivity index (χ2n) is 6.98. The van der Waals surface area contributed by atoms with Crippen LogP contribution in [0.4, 0.5) is 4.79 Å². The third-order valence-corrected chi connectivity index (χ3v) is 4.22. The average Bonchev–Trinajstić information content (AvgIpc) is 2.95. The summed E-state index contributed by atoms with van der Waals surface area (Å²) in [6, 6.07) is 14.4. The molecule has 3 amide bonds. The first kappa shape index (κ1) is 19.5. The van der Waals surface area contributed by atoms with Crippen molar-refractivity contribution in [2.75, 3.05) is 13.7 Å². The maximum absolute atomic E-state index is 12.6. The number of urea groups is 1. The van der Waals surface area contributed by atoms with Crippen LogP contribution in [0.15, 0.2) is 54.2 Å². The van der Waals surface area contributed by atoms with E-state index in [9.17, 15) is 9.59 Å². The van der Waals surface area contributed by atoms with Gasteiger partial charge in [0.2, 0.25) is 0 Å². The third-order valence-electron chi connectivity index (χ3n) is 4.22. The number of hydrogen-bond donors (Lipinski definition) is 1. The van der Waals surface area contributed by atoms with E-state index in [1.54, 1.807) is 25.3 Å². The molecule has 1 aliphatic heterocycles. The number of amides is 3. The Morgan fingerprint density at radius 2 is 1.82 bits per heavy atom. The number of methoxy groups -OCH3 is 1. The molecule has 1 heterocycles. The highest BCUT2D eigenvalue weighted by Gasteiger charge is 2.33. The lowest BCUT2D eigenvalue weighted by atomic mass is 10.1. The number of nitrogens with one attached hydrogen (secondary N) is 1. The van der Waals surface area contributed by atoms with Crippen molar-refractivity contribution in [3.8, 4) is 11.5 Å². The van der Waals surface area contributed by atoms with Crippen LogP contribution < -0.4 is 14.8 Å². The van der Waals surface area contributed by atoms with Crippen molar-refractivity contribution in [3.05, 3.63) is 65.4 Å². The van der Waals surface area contributed by atoms with Crippen LogP contribution in [0.2, 0.25) is 0 Å². The maximum Gasteiger partial charge on any atom is 0.329 e. The van der Waals surface area contributed by atoms with Crippen molar-refractivity contribution in [3.63, 3.8) is 0 Å². The first-order chi connectivity index (χ1) is 13.5. The Morgan fingerprint density at radius 1 is 1.07 bits per heavy atom. The van der Waals surface area contributed by atoms with Crippen LogP contribution in [-0.4, -0.2) is 30.6 Å². The van der Waals surface area contributed by atoms with E-state index < -0.39 is 6.03 Å². The monoisotopic (exact) mass is 380 g/mol. The molecule has 1 N–H and O–H groups in total. The Labute approximate surface area is 164 Å². The molecule has 0 aromatic heterocycles. The molecule has 0 spiro atoms. The molecule has 1 saturated heterocycles. The second-order valence-corrected chi connectivity index (χ2v) is 6.98. The van der Waals surface area contributed by atoms with E-state index in [1.165, 1.54) is 4.90 Å². The van der Waals surface area contributed by atoms with Gasteiger partial charge < -0.3 is 14.8 Å². The summed E-state index contributed by atoms with van der Waals surface area (Å²) in [7, 11) is 1.57. The maximum atomic E-state index is 12.6. The number of carbonyl (C=O) groups excluding carboxylic acids is 2. The standard InChI is InChI=1S/C22H24N2O4/c1-15(2)14-28-19-10-9-17(12-20(19)27-3)11-18-21(25)24(22(26)23-18)13-16-7-5-4-6-8-16/h4-12,15H,13-14H2,1-3H3,(H,23,26)/b18-11-. The minimum atomic E-state index is -0.427. The highest BCUT2D eigenvalue weighted by Crippen LogP contribution is 2.29. The minimum absolute atomic E-state index is 0.230. The van der Waals surface area contributed by atoms with E-state index in [0.717, 1.165) is 11.1 Å². The summed E-state index contributed by atoms with van der Waals surface area (Å²) in [4.78, 5) is 26.1. The molecule has 1 fully saturated rings. The van der Waals surface area contributed by atoms with Crippen LogP contribution in [-0.2, 0) is 11.3 Å². The topological polar surface area (TPSA) is 67.9 Å². The van der Waals surface area contributed by atoms with Gasteiger partial charge in [-0.25, -0.2) is 4.79 Å². The molecule has 2 aromatic carbocycles. The first-order valence-corrected chi connectivity index (χ1v) is 9.17. The van der Waals surface area contributed by atoms with Gasteiger partial charge in [0.1, 0.15) is 5.70 Å². The molecule has 0 atom stereocenters. The second kappa shape index (κ2) is 8.61. The van der Waals surface area contributed by atoms with Gasteiger partial charge in [-0.3, -0.25) is 9.69 Å². The summed E-state index contributed by atoms with van der Waals surface area (Å²) < 4.78 is 11.1. The Balaban J connectivity index is 1.77. The van der Waals surface area contributed by atoms with E-state index in [0.29, 0.717) is 24.0 Å². The largest absolute Gasteiger partial charge is 0.493 e. The number of benzene rings is 2. The molecule has 0 saturated carbocycles. The lowest BCUT2D eigenvalue weighted by molar-refractivity contribution is -0.123. The average molecular weight is 380 g/mol. The van der Waals surface area contributed by atoms with Gasteiger partial charge in [0.15, 0.2) is 11.5 Å². The predicted octanol–water partition coefficient (Wildman–Crippen LogP) is 3.82. The Kier molecular flexibility index (Phi) is 5.99. The number of hydrogen-bond acceptors (Lipinski definition) is 4. The molecule has 28 heavy (non-hydrogen) atoms.